The average molecular weight is 724 g/mol. The van der Waals surface area contributed by atoms with Gasteiger partial charge in [0.15, 0.2) is 0 Å². The number of aliphatic hydroxyl groups excluding tert-OH is 2. The Labute approximate surface area is 306 Å². The lowest BCUT2D eigenvalue weighted by Crippen LogP contribution is -2.55. The van der Waals surface area contributed by atoms with E-state index in [1.54, 1.807) is 26.0 Å². The van der Waals surface area contributed by atoms with E-state index in [4.69, 9.17) is 14.3 Å². The van der Waals surface area contributed by atoms with Crippen molar-refractivity contribution in [2.24, 2.45) is 41.4 Å². The molecule has 13 atom stereocenters. The number of hydroxylamine groups is 2. The molecule has 0 spiro atoms. The SMILES string of the molecule is CCOC(=O)CNCCNC(=O)C1CC(C2CCCC(CN3O[C@@H](CO)[C@@H]([C@H](C)O)[C@H]3C(=O)N[C@H]3CCC[C@H](C)[C@@H]3C)C2OC)CC(N(C)C)C1. The standard InChI is InChI=1S/C38H69N5O8/c1-8-50-33(46)20-39-15-16-40-37(47)28-17-27(18-29(19-28)42(5)6)30-13-10-12-26(36(30)49-7)21-43-35(34(25(4)45)32(22-44)51-43)38(48)41-31-14-9-11-23(2)24(31)3/h23-32,34-36,39,44-45H,8-22H2,1-7H3,(H,40,47)(H,41,48)/t23-,24-,25-,26?,27?,28?,29?,30?,31-,32-,34+,35-,36?/m0/s1. The lowest BCUT2D eigenvalue weighted by molar-refractivity contribution is -0.192. The number of nitrogens with zero attached hydrogens (tertiary/aromatic N) is 2. The highest BCUT2D eigenvalue weighted by Gasteiger charge is 2.52. The Balaban J connectivity index is 1.45. The molecule has 6 unspecified atom stereocenters. The molecule has 4 aliphatic rings. The van der Waals surface area contributed by atoms with Gasteiger partial charge in [0.2, 0.25) is 11.8 Å². The Morgan fingerprint density at radius 1 is 1.02 bits per heavy atom. The van der Waals surface area contributed by atoms with Gasteiger partial charge >= 0.3 is 5.97 Å². The van der Waals surface area contributed by atoms with Crippen molar-refractivity contribution in [3.05, 3.63) is 0 Å². The minimum Gasteiger partial charge on any atom is -0.465 e. The number of methoxy groups -OCH3 is 1. The molecule has 1 aliphatic heterocycles. The number of nitrogens with one attached hydrogen (secondary N) is 3. The van der Waals surface area contributed by atoms with E-state index < -0.39 is 24.2 Å². The Morgan fingerprint density at radius 2 is 1.76 bits per heavy atom. The van der Waals surface area contributed by atoms with Gasteiger partial charge in [-0.15, -0.1) is 0 Å². The zero-order chi connectivity index (χ0) is 37.2. The molecule has 51 heavy (non-hydrogen) atoms. The summed E-state index contributed by atoms with van der Waals surface area (Å²) in [6, 6.07) is -0.396. The fourth-order valence-electron chi connectivity index (χ4n) is 9.68. The van der Waals surface area contributed by atoms with Crippen LogP contribution < -0.4 is 16.0 Å². The van der Waals surface area contributed by atoms with Crippen LogP contribution in [0.5, 0.6) is 0 Å². The Morgan fingerprint density at radius 3 is 2.43 bits per heavy atom. The largest absolute Gasteiger partial charge is 0.465 e. The fourth-order valence-corrected chi connectivity index (χ4v) is 9.68. The van der Waals surface area contributed by atoms with Gasteiger partial charge in [0, 0.05) is 56.6 Å². The van der Waals surface area contributed by atoms with Crippen LogP contribution in [0.25, 0.3) is 0 Å². The topological polar surface area (TPSA) is 162 Å². The van der Waals surface area contributed by atoms with Crippen LogP contribution in [0.4, 0.5) is 0 Å². The molecular formula is C38H69N5O8. The zero-order valence-corrected chi connectivity index (χ0v) is 32.4. The van der Waals surface area contributed by atoms with E-state index in [0.717, 1.165) is 57.8 Å². The molecule has 2 amide bonds. The summed E-state index contributed by atoms with van der Waals surface area (Å²) in [5, 5.41) is 32.4. The van der Waals surface area contributed by atoms with Crippen LogP contribution in [-0.2, 0) is 28.7 Å². The van der Waals surface area contributed by atoms with Gasteiger partial charge in [-0.1, -0.05) is 33.1 Å². The van der Waals surface area contributed by atoms with Crippen LogP contribution in [0, 0.1) is 41.4 Å². The first kappa shape index (κ1) is 41.9. The molecule has 0 aromatic carbocycles. The molecule has 4 rings (SSSR count). The van der Waals surface area contributed by atoms with Crippen molar-refractivity contribution in [3.63, 3.8) is 0 Å². The molecule has 3 saturated carbocycles. The summed E-state index contributed by atoms with van der Waals surface area (Å²) >= 11 is 0. The lowest BCUT2D eigenvalue weighted by Gasteiger charge is -2.47. The number of rotatable bonds is 16. The molecule has 1 saturated heterocycles. The first-order valence-electron chi connectivity index (χ1n) is 19.8. The maximum absolute atomic E-state index is 14.1. The van der Waals surface area contributed by atoms with E-state index in [-0.39, 0.29) is 72.8 Å². The van der Waals surface area contributed by atoms with Crippen LogP contribution in [0.2, 0.25) is 0 Å². The first-order valence-corrected chi connectivity index (χ1v) is 19.8. The number of aliphatic hydroxyl groups is 2. The Kier molecular flexibility index (Phi) is 16.4. The van der Waals surface area contributed by atoms with Gasteiger partial charge in [-0.05, 0) is 90.1 Å². The van der Waals surface area contributed by atoms with Gasteiger partial charge in [0.05, 0.1) is 32.0 Å². The molecule has 4 fully saturated rings. The summed E-state index contributed by atoms with van der Waals surface area (Å²) in [6.45, 7) is 9.45. The molecule has 0 aromatic rings. The highest BCUT2D eigenvalue weighted by molar-refractivity contribution is 5.83. The number of carbonyl (C=O) groups is 3. The Hall–Kier alpha value is -1.87. The van der Waals surface area contributed by atoms with Crippen molar-refractivity contribution >= 4 is 17.8 Å². The van der Waals surface area contributed by atoms with Crippen LogP contribution in [0.15, 0.2) is 0 Å². The molecule has 5 N–H and O–H groups in total. The smallest absolute Gasteiger partial charge is 0.319 e. The van der Waals surface area contributed by atoms with Crippen LogP contribution in [0.3, 0.4) is 0 Å². The molecule has 13 nitrogen and oxygen atoms in total. The molecule has 3 aliphatic carbocycles. The van der Waals surface area contributed by atoms with E-state index in [1.165, 1.54) is 0 Å². The summed E-state index contributed by atoms with van der Waals surface area (Å²) < 4.78 is 11.3. The number of amides is 2. The average Bonchev–Trinajstić information content (AvgIpc) is 3.48. The second-order valence-electron chi connectivity index (χ2n) is 16.2. The first-order chi connectivity index (χ1) is 24.4. The molecule has 0 aromatic heterocycles. The highest BCUT2D eigenvalue weighted by Crippen LogP contribution is 2.45. The predicted molar refractivity (Wildman–Crippen MR) is 194 cm³/mol. The Bertz CT molecular complexity index is 1110. The van der Waals surface area contributed by atoms with E-state index >= 15 is 0 Å². The van der Waals surface area contributed by atoms with Crippen molar-refractivity contribution < 1.29 is 38.9 Å². The quantitative estimate of drug-likeness (QED) is 0.117. The summed E-state index contributed by atoms with van der Waals surface area (Å²) in [4.78, 5) is 47.8. The van der Waals surface area contributed by atoms with Crippen molar-refractivity contribution in [1.82, 2.24) is 25.9 Å². The van der Waals surface area contributed by atoms with Crippen molar-refractivity contribution in [2.45, 2.75) is 122 Å². The maximum atomic E-state index is 14.1. The van der Waals surface area contributed by atoms with E-state index in [2.05, 4.69) is 48.8 Å². The van der Waals surface area contributed by atoms with Gasteiger partial charge in [-0.25, -0.2) is 0 Å². The number of hydrogen-bond acceptors (Lipinski definition) is 11. The fraction of sp³-hybridized carbons (Fsp3) is 0.921. The monoisotopic (exact) mass is 724 g/mol. The van der Waals surface area contributed by atoms with Crippen LogP contribution in [-0.4, -0.2) is 135 Å². The summed E-state index contributed by atoms with van der Waals surface area (Å²) in [7, 11) is 5.94. The predicted octanol–water partition coefficient (Wildman–Crippen LogP) is 1.95. The van der Waals surface area contributed by atoms with E-state index in [1.807, 2.05) is 0 Å². The summed E-state index contributed by atoms with van der Waals surface area (Å²) in [6.07, 6.45) is 7.03. The van der Waals surface area contributed by atoms with Crippen molar-refractivity contribution in [3.8, 4) is 0 Å². The molecular weight excluding hydrogens is 654 g/mol. The van der Waals surface area contributed by atoms with Gasteiger partial charge in [0.1, 0.15) is 12.1 Å². The third-order valence-corrected chi connectivity index (χ3v) is 12.7. The van der Waals surface area contributed by atoms with E-state index in [9.17, 15) is 24.6 Å². The minimum atomic E-state index is -0.843. The van der Waals surface area contributed by atoms with E-state index in [0.29, 0.717) is 38.1 Å². The van der Waals surface area contributed by atoms with Gasteiger partial charge in [0.25, 0.3) is 0 Å². The summed E-state index contributed by atoms with van der Waals surface area (Å²) in [5.74, 6) is 0.372. The zero-order valence-electron chi connectivity index (χ0n) is 32.4. The number of ether oxygens (including phenoxy) is 2. The second kappa shape index (κ2) is 20.0. The van der Waals surface area contributed by atoms with Crippen LogP contribution >= 0.6 is 0 Å². The van der Waals surface area contributed by atoms with Gasteiger partial charge in [-0.2, -0.15) is 5.06 Å². The van der Waals surface area contributed by atoms with Gasteiger partial charge in [-0.3, -0.25) is 19.2 Å². The van der Waals surface area contributed by atoms with Crippen molar-refractivity contribution in [2.75, 3.05) is 60.6 Å². The van der Waals surface area contributed by atoms with Gasteiger partial charge < -0.3 is 40.5 Å². The normalized spacial score (nSPS) is 36.8. The van der Waals surface area contributed by atoms with Crippen molar-refractivity contribution in [1.29, 1.82) is 0 Å². The lowest BCUT2D eigenvalue weighted by atomic mass is 9.65. The minimum absolute atomic E-state index is 0.0472. The number of carbonyl (C=O) groups excluding carboxylic acids is 3. The maximum Gasteiger partial charge on any atom is 0.319 e. The molecule has 294 valence electrons. The number of esters is 1. The van der Waals surface area contributed by atoms with Crippen LogP contribution in [0.1, 0.15) is 85.5 Å². The number of hydrogen-bond donors (Lipinski definition) is 5. The molecule has 13 heteroatoms. The third kappa shape index (κ3) is 10.9. The third-order valence-electron chi connectivity index (χ3n) is 12.7. The molecule has 0 radical (unpaired) electrons. The molecule has 1 heterocycles. The second-order valence-corrected chi connectivity index (χ2v) is 16.2. The molecule has 0 bridgehead atoms. The summed E-state index contributed by atoms with van der Waals surface area (Å²) in [5.41, 5.74) is 0. The highest BCUT2D eigenvalue weighted by atomic mass is 16.7.